The predicted molar refractivity (Wildman–Crippen MR) is 155 cm³/mol. The van der Waals surface area contributed by atoms with E-state index in [0.717, 1.165) is 56.9 Å². The van der Waals surface area contributed by atoms with E-state index in [1.54, 1.807) is 49.9 Å². The number of rotatable bonds is 9. The van der Waals surface area contributed by atoms with E-state index < -0.39 is 23.8 Å². The van der Waals surface area contributed by atoms with Crippen molar-refractivity contribution in [3.05, 3.63) is 59.7 Å². The van der Waals surface area contributed by atoms with Gasteiger partial charge < -0.3 is 30.5 Å². The maximum Gasteiger partial charge on any atom is 0.408 e. The second-order valence-corrected chi connectivity index (χ2v) is 12.2. The molecule has 41 heavy (non-hydrogen) atoms. The van der Waals surface area contributed by atoms with E-state index in [1.165, 1.54) is 24.3 Å². The average Bonchev–Trinajstić information content (AvgIpc) is 2.88. The van der Waals surface area contributed by atoms with E-state index in [2.05, 4.69) is 10.6 Å². The number of carbonyl (C=O) groups excluding carboxylic acids is 3. The molecular weight excluding hydrogens is 522 g/mol. The van der Waals surface area contributed by atoms with Crippen molar-refractivity contribution in [1.82, 2.24) is 15.5 Å². The van der Waals surface area contributed by atoms with Crippen molar-refractivity contribution in [3.8, 4) is 11.5 Å². The van der Waals surface area contributed by atoms with E-state index in [9.17, 15) is 24.6 Å². The number of hydrogen-bond donors (Lipinski definition) is 4. The van der Waals surface area contributed by atoms with E-state index in [-0.39, 0.29) is 41.8 Å². The summed E-state index contributed by atoms with van der Waals surface area (Å²) in [6.07, 6.45) is 6.89. The summed E-state index contributed by atoms with van der Waals surface area (Å²) >= 11 is 0. The molecule has 2 aromatic rings. The minimum Gasteiger partial charge on any atom is -0.508 e. The third-order valence-electron chi connectivity index (χ3n) is 7.77. The first-order valence-corrected chi connectivity index (χ1v) is 14.7. The fraction of sp³-hybridized carbons (Fsp3) is 0.531. The SMILES string of the molecule is CC(C)(C)OC(=O)NC(Cc1ccc(O)cc1)C(=O)N(C1CCC1)C(C(=O)NC1CCCCC1)c1ccc(O)cc1. The Labute approximate surface area is 242 Å². The molecule has 0 radical (unpaired) electrons. The van der Waals surface area contributed by atoms with Gasteiger partial charge in [-0.15, -0.1) is 0 Å². The highest BCUT2D eigenvalue weighted by Crippen LogP contribution is 2.35. The van der Waals surface area contributed by atoms with Crippen molar-refractivity contribution >= 4 is 17.9 Å². The minimum atomic E-state index is -1.02. The molecule has 0 bridgehead atoms. The summed E-state index contributed by atoms with van der Waals surface area (Å²) < 4.78 is 5.49. The quantitative estimate of drug-likeness (QED) is 0.335. The van der Waals surface area contributed by atoms with Crippen LogP contribution in [0.25, 0.3) is 0 Å². The maximum atomic E-state index is 14.5. The Morgan fingerprint density at radius 2 is 1.46 bits per heavy atom. The van der Waals surface area contributed by atoms with Gasteiger partial charge in [-0.05, 0) is 88.3 Å². The number of carbonyl (C=O) groups is 3. The van der Waals surface area contributed by atoms with Crippen molar-refractivity contribution in [1.29, 1.82) is 0 Å². The third-order valence-corrected chi connectivity index (χ3v) is 7.77. The smallest absolute Gasteiger partial charge is 0.408 e. The highest BCUT2D eigenvalue weighted by Gasteiger charge is 2.42. The molecule has 9 heteroatoms. The van der Waals surface area contributed by atoms with Crippen molar-refractivity contribution in [2.45, 2.75) is 108 Å². The van der Waals surface area contributed by atoms with Crippen LogP contribution in [0, 0.1) is 0 Å². The largest absolute Gasteiger partial charge is 0.508 e. The second-order valence-electron chi connectivity index (χ2n) is 12.2. The molecule has 2 aromatic carbocycles. The molecule has 2 atom stereocenters. The number of aromatic hydroxyl groups is 2. The van der Waals surface area contributed by atoms with Crippen LogP contribution in [0.15, 0.2) is 48.5 Å². The zero-order chi connectivity index (χ0) is 29.6. The number of hydrogen-bond acceptors (Lipinski definition) is 6. The van der Waals surface area contributed by atoms with E-state index in [1.807, 2.05) is 0 Å². The summed E-state index contributed by atoms with van der Waals surface area (Å²) in [5, 5.41) is 25.7. The highest BCUT2D eigenvalue weighted by molar-refractivity contribution is 5.92. The van der Waals surface area contributed by atoms with Crippen molar-refractivity contribution in [3.63, 3.8) is 0 Å². The molecule has 3 amide bonds. The Balaban J connectivity index is 1.69. The lowest BCUT2D eigenvalue weighted by Crippen LogP contribution is -2.58. The first kappa shape index (κ1) is 30.2. The summed E-state index contributed by atoms with van der Waals surface area (Å²) in [5.74, 6) is -0.480. The molecule has 0 saturated heterocycles. The standard InChI is InChI=1S/C32H43N3O6/c1-32(2,3)41-31(40)34-27(20-21-12-16-25(36)17-13-21)30(39)35(24-10-7-11-24)28(22-14-18-26(37)19-15-22)29(38)33-23-8-5-4-6-9-23/h12-19,23-24,27-28,36-37H,4-11,20H2,1-3H3,(H,33,38)(H,34,40). The molecule has 2 fully saturated rings. The van der Waals surface area contributed by atoms with Gasteiger partial charge in [-0.2, -0.15) is 0 Å². The fourth-order valence-corrected chi connectivity index (χ4v) is 5.50. The molecule has 4 rings (SSSR count). The molecule has 0 aliphatic heterocycles. The average molecular weight is 566 g/mol. The number of ether oxygens (including phenoxy) is 1. The number of phenols is 2. The van der Waals surface area contributed by atoms with Crippen LogP contribution in [-0.2, 0) is 20.7 Å². The van der Waals surface area contributed by atoms with Crippen LogP contribution in [0.3, 0.4) is 0 Å². The zero-order valence-corrected chi connectivity index (χ0v) is 24.3. The number of alkyl carbamates (subject to hydrolysis) is 1. The lowest BCUT2D eigenvalue weighted by molar-refractivity contribution is -0.147. The van der Waals surface area contributed by atoms with Crippen molar-refractivity contribution < 1.29 is 29.3 Å². The van der Waals surface area contributed by atoms with E-state index in [0.29, 0.717) is 5.56 Å². The first-order valence-electron chi connectivity index (χ1n) is 14.7. The van der Waals surface area contributed by atoms with Crippen LogP contribution in [0.4, 0.5) is 4.79 Å². The number of amides is 3. The van der Waals surface area contributed by atoms with Gasteiger partial charge in [-0.25, -0.2) is 4.79 Å². The number of nitrogens with one attached hydrogen (secondary N) is 2. The van der Waals surface area contributed by atoms with Gasteiger partial charge >= 0.3 is 6.09 Å². The van der Waals surface area contributed by atoms with Crippen molar-refractivity contribution in [2.24, 2.45) is 0 Å². The van der Waals surface area contributed by atoms with Crippen LogP contribution in [0.2, 0.25) is 0 Å². The van der Waals surface area contributed by atoms with Gasteiger partial charge in [0.25, 0.3) is 0 Å². The summed E-state index contributed by atoms with van der Waals surface area (Å²) in [5.41, 5.74) is 0.564. The number of benzene rings is 2. The topological polar surface area (TPSA) is 128 Å². The Hall–Kier alpha value is -3.75. The van der Waals surface area contributed by atoms with Gasteiger partial charge in [-0.3, -0.25) is 9.59 Å². The molecule has 2 aliphatic carbocycles. The Morgan fingerprint density at radius 3 is 2.00 bits per heavy atom. The molecule has 2 aliphatic rings. The lowest BCUT2D eigenvalue weighted by Gasteiger charge is -2.44. The third kappa shape index (κ3) is 8.38. The van der Waals surface area contributed by atoms with Gasteiger partial charge in [0.05, 0.1) is 0 Å². The summed E-state index contributed by atoms with van der Waals surface area (Å²) in [4.78, 5) is 43.1. The molecule has 0 spiro atoms. The van der Waals surface area contributed by atoms with Gasteiger partial charge in [0.15, 0.2) is 0 Å². The molecule has 2 saturated carbocycles. The van der Waals surface area contributed by atoms with Gasteiger partial charge in [0.1, 0.15) is 29.2 Å². The van der Waals surface area contributed by atoms with E-state index in [4.69, 9.17) is 4.74 Å². The summed E-state index contributed by atoms with van der Waals surface area (Å²) in [6.45, 7) is 5.25. The van der Waals surface area contributed by atoms with Crippen LogP contribution in [-0.4, -0.2) is 56.7 Å². The Bertz CT molecular complexity index is 1180. The van der Waals surface area contributed by atoms with Gasteiger partial charge in [0.2, 0.25) is 11.8 Å². The molecule has 0 aromatic heterocycles. The van der Waals surface area contributed by atoms with Crippen LogP contribution >= 0.6 is 0 Å². The summed E-state index contributed by atoms with van der Waals surface area (Å²) in [7, 11) is 0. The molecule has 9 nitrogen and oxygen atoms in total. The van der Waals surface area contributed by atoms with E-state index >= 15 is 0 Å². The molecule has 2 unspecified atom stereocenters. The fourth-order valence-electron chi connectivity index (χ4n) is 5.50. The number of nitrogens with zero attached hydrogens (tertiary/aromatic N) is 1. The van der Waals surface area contributed by atoms with Crippen LogP contribution in [0.5, 0.6) is 11.5 Å². The van der Waals surface area contributed by atoms with Crippen molar-refractivity contribution in [2.75, 3.05) is 0 Å². The minimum absolute atomic E-state index is 0.0434. The second kappa shape index (κ2) is 13.3. The summed E-state index contributed by atoms with van der Waals surface area (Å²) in [6, 6.07) is 10.8. The lowest BCUT2D eigenvalue weighted by atomic mass is 9.87. The normalized spacial score (nSPS) is 17.5. The van der Waals surface area contributed by atoms with Crippen LogP contribution in [0.1, 0.15) is 89.3 Å². The number of phenolic OH excluding ortho intramolecular Hbond substituents is 2. The Kier molecular flexibility index (Phi) is 9.78. The van der Waals surface area contributed by atoms with Gasteiger partial charge in [0, 0.05) is 18.5 Å². The monoisotopic (exact) mass is 565 g/mol. The molecule has 222 valence electrons. The Morgan fingerprint density at radius 1 is 0.878 bits per heavy atom. The van der Waals surface area contributed by atoms with Gasteiger partial charge in [-0.1, -0.05) is 43.5 Å². The predicted octanol–water partition coefficient (Wildman–Crippen LogP) is 5.10. The maximum absolute atomic E-state index is 14.5. The zero-order valence-electron chi connectivity index (χ0n) is 24.3. The highest BCUT2D eigenvalue weighted by atomic mass is 16.6. The molecule has 4 N–H and O–H groups in total. The molecular formula is C32H43N3O6. The first-order chi connectivity index (χ1) is 19.5. The van der Waals surface area contributed by atoms with Crippen LogP contribution < -0.4 is 10.6 Å². The molecule has 0 heterocycles.